The van der Waals surface area contributed by atoms with Crippen LogP contribution in [0.1, 0.15) is 5.56 Å². The lowest BCUT2D eigenvalue weighted by atomic mass is 10.1. The molecule has 1 aliphatic rings. The number of carbonyl (C=O) groups is 1. The second kappa shape index (κ2) is 11.0. The number of amides is 1. The van der Waals surface area contributed by atoms with Gasteiger partial charge in [-0.1, -0.05) is 65.7 Å². The number of nitrogens with zero attached hydrogens (tertiary/aromatic N) is 2. The predicted molar refractivity (Wildman–Crippen MR) is 136 cm³/mol. The Balaban J connectivity index is 1.54. The smallest absolute Gasteiger partial charge is 0.242 e. The molecule has 184 valence electrons. The number of anilines is 1. The number of sulfonamides is 1. The number of rotatable bonds is 7. The van der Waals surface area contributed by atoms with Gasteiger partial charge in [0.2, 0.25) is 15.9 Å². The highest BCUT2D eigenvalue weighted by Crippen LogP contribution is 2.26. The average molecular weight is 536 g/mol. The van der Waals surface area contributed by atoms with Crippen molar-refractivity contribution in [1.82, 2.24) is 9.62 Å². The zero-order valence-corrected chi connectivity index (χ0v) is 21.0. The molecular weight excluding hydrogens is 512 g/mol. The van der Waals surface area contributed by atoms with Crippen LogP contribution in [0, 0.1) is 5.82 Å². The molecule has 3 aromatic carbocycles. The van der Waals surface area contributed by atoms with E-state index < -0.39 is 16.1 Å². The summed E-state index contributed by atoms with van der Waals surface area (Å²) in [6.45, 7) is 1.52. The first kappa shape index (κ1) is 25.4. The Hall–Kier alpha value is -2.65. The summed E-state index contributed by atoms with van der Waals surface area (Å²) in [5.41, 5.74) is 1.28. The lowest BCUT2D eigenvalue weighted by Crippen LogP contribution is -2.55. The Morgan fingerprint density at radius 1 is 0.943 bits per heavy atom. The lowest BCUT2D eigenvalue weighted by molar-refractivity contribution is -0.133. The molecule has 1 N–H and O–H groups in total. The minimum Gasteiger partial charge on any atom is -0.366 e. The lowest BCUT2D eigenvalue weighted by Gasteiger charge is -2.37. The third-order valence-corrected chi connectivity index (χ3v) is 8.03. The maximum absolute atomic E-state index is 14.2. The van der Waals surface area contributed by atoms with Crippen LogP contribution in [0.3, 0.4) is 0 Å². The van der Waals surface area contributed by atoms with Crippen molar-refractivity contribution in [2.45, 2.75) is 17.4 Å². The number of hydrogen-bond acceptors (Lipinski definition) is 4. The SMILES string of the molecule is O=C([C@@H](Cc1ccccc1)NS(=O)(=O)c1cc(Cl)ccc1Cl)N1CCN(c2ccccc2F)CC1. The number of carbonyl (C=O) groups excluding carboxylic acids is 1. The largest absolute Gasteiger partial charge is 0.366 e. The molecule has 0 saturated carbocycles. The highest BCUT2D eigenvalue weighted by Gasteiger charge is 2.32. The summed E-state index contributed by atoms with van der Waals surface area (Å²) in [6.07, 6.45) is 0.157. The third kappa shape index (κ3) is 6.13. The van der Waals surface area contributed by atoms with Gasteiger partial charge in [-0.3, -0.25) is 4.79 Å². The van der Waals surface area contributed by atoms with E-state index in [0.717, 1.165) is 5.56 Å². The molecule has 0 radical (unpaired) electrons. The van der Waals surface area contributed by atoms with Crippen molar-refractivity contribution in [1.29, 1.82) is 0 Å². The van der Waals surface area contributed by atoms with Crippen molar-refractivity contribution < 1.29 is 17.6 Å². The second-order valence-corrected chi connectivity index (χ2v) is 10.7. The molecule has 0 aliphatic carbocycles. The molecule has 10 heteroatoms. The molecule has 3 aromatic rings. The van der Waals surface area contributed by atoms with Gasteiger partial charge in [0, 0.05) is 31.2 Å². The molecule has 1 aliphatic heterocycles. The molecule has 35 heavy (non-hydrogen) atoms. The second-order valence-electron chi connectivity index (χ2n) is 8.20. The highest BCUT2D eigenvalue weighted by molar-refractivity contribution is 7.89. The van der Waals surface area contributed by atoms with E-state index in [2.05, 4.69) is 4.72 Å². The minimum atomic E-state index is -4.15. The van der Waals surface area contributed by atoms with E-state index in [9.17, 15) is 17.6 Å². The van der Waals surface area contributed by atoms with Gasteiger partial charge >= 0.3 is 0 Å². The van der Waals surface area contributed by atoms with Crippen molar-refractivity contribution in [3.63, 3.8) is 0 Å². The highest BCUT2D eigenvalue weighted by atomic mass is 35.5. The molecule has 6 nitrogen and oxygen atoms in total. The standard InChI is InChI=1S/C25H24Cl2FN3O3S/c26-19-10-11-20(27)24(17-19)35(33,34)29-22(16-18-6-2-1-3-7-18)25(32)31-14-12-30(13-15-31)23-9-5-4-8-21(23)28/h1-11,17,22,29H,12-16H2/t22-/m1/s1. The van der Waals surface area contributed by atoms with Crippen LogP contribution in [0.5, 0.6) is 0 Å². The van der Waals surface area contributed by atoms with E-state index in [1.165, 1.54) is 24.3 Å². The van der Waals surface area contributed by atoms with E-state index in [1.807, 2.05) is 35.2 Å². The van der Waals surface area contributed by atoms with E-state index in [-0.39, 0.29) is 33.1 Å². The van der Waals surface area contributed by atoms with Gasteiger partial charge in [-0.15, -0.1) is 0 Å². The molecule has 0 spiro atoms. The summed E-state index contributed by atoms with van der Waals surface area (Å²) >= 11 is 12.1. The molecule has 0 unspecified atom stereocenters. The maximum atomic E-state index is 14.2. The van der Waals surface area contributed by atoms with Crippen LogP contribution in [0.15, 0.2) is 77.7 Å². The molecule has 1 saturated heterocycles. The van der Waals surface area contributed by atoms with Gasteiger partial charge in [0.1, 0.15) is 16.8 Å². The fourth-order valence-electron chi connectivity index (χ4n) is 4.06. The monoisotopic (exact) mass is 535 g/mol. The number of para-hydroxylation sites is 1. The first-order valence-corrected chi connectivity index (χ1v) is 13.3. The fourth-order valence-corrected chi connectivity index (χ4v) is 6.01. The molecule has 1 fully saturated rings. The third-order valence-electron chi connectivity index (χ3n) is 5.85. The quantitative estimate of drug-likeness (QED) is 0.487. The topological polar surface area (TPSA) is 69.7 Å². The molecule has 1 atom stereocenters. The van der Waals surface area contributed by atoms with Gasteiger partial charge in [0.05, 0.1) is 10.7 Å². The Morgan fingerprint density at radius 2 is 1.60 bits per heavy atom. The molecule has 4 rings (SSSR count). The molecule has 1 amide bonds. The van der Waals surface area contributed by atoms with Crippen LogP contribution in [-0.2, 0) is 21.2 Å². The van der Waals surface area contributed by atoms with Gasteiger partial charge in [-0.25, -0.2) is 12.8 Å². The number of benzene rings is 3. The number of halogens is 3. The maximum Gasteiger partial charge on any atom is 0.242 e. The molecule has 0 bridgehead atoms. The first-order valence-electron chi connectivity index (χ1n) is 11.0. The number of hydrogen-bond donors (Lipinski definition) is 1. The van der Waals surface area contributed by atoms with Crippen LogP contribution in [-0.4, -0.2) is 51.4 Å². The average Bonchev–Trinajstić information content (AvgIpc) is 2.85. The van der Waals surface area contributed by atoms with Crippen LogP contribution in [0.25, 0.3) is 0 Å². The summed E-state index contributed by atoms with van der Waals surface area (Å²) in [6, 6.07) is 18.7. The molecule has 0 aromatic heterocycles. The number of piperazine rings is 1. The van der Waals surface area contributed by atoms with Crippen LogP contribution in [0.2, 0.25) is 10.0 Å². The van der Waals surface area contributed by atoms with Gasteiger partial charge < -0.3 is 9.80 Å². The molecule has 1 heterocycles. The van der Waals surface area contributed by atoms with Crippen molar-refractivity contribution in [3.05, 3.63) is 94.2 Å². The zero-order chi connectivity index (χ0) is 25.0. The van der Waals surface area contributed by atoms with Crippen LogP contribution in [0.4, 0.5) is 10.1 Å². The van der Waals surface area contributed by atoms with Crippen LogP contribution >= 0.6 is 23.2 Å². The zero-order valence-electron chi connectivity index (χ0n) is 18.7. The van der Waals surface area contributed by atoms with Crippen LogP contribution < -0.4 is 9.62 Å². The van der Waals surface area contributed by atoms with Gasteiger partial charge in [-0.05, 0) is 42.3 Å². The summed E-state index contributed by atoms with van der Waals surface area (Å²) in [5, 5.41) is 0.219. The summed E-state index contributed by atoms with van der Waals surface area (Å²) in [7, 11) is -4.15. The van der Waals surface area contributed by atoms with Crippen molar-refractivity contribution >= 4 is 44.8 Å². The predicted octanol–water partition coefficient (Wildman–Crippen LogP) is 4.37. The molecular formula is C25H24Cl2FN3O3S. The summed E-state index contributed by atoms with van der Waals surface area (Å²) in [4.78, 5) is 16.8. The first-order chi connectivity index (χ1) is 16.7. The Morgan fingerprint density at radius 3 is 2.29 bits per heavy atom. The minimum absolute atomic E-state index is 0.00584. The Bertz CT molecular complexity index is 1300. The summed E-state index contributed by atoms with van der Waals surface area (Å²) in [5.74, 6) is -0.677. The summed E-state index contributed by atoms with van der Waals surface area (Å²) < 4.78 is 43.1. The van der Waals surface area contributed by atoms with E-state index in [4.69, 9.17) is 23.2 Å². The normalized spacial score (nSPS) is 15.2. The van der Waals surface area contributed by atoms with Crippen molar-refractivity contribution in [2.24, 2.45) is 0 Å². The Kier molecular flexibility index (Phi) is 7.96. The van der Waals surface area contributed by atoms with Gasteiger partial charge in [-0.2, -0.15) is 4.72 Å². The van der Waals surface area contributed by atoms with E-state index in [1.54, 1.807) is 23.1 Å². The Labute approximate surface area is 214 Å². The van der Waals surface area contributed by atoms with Gasteiger partial charge in [0.15, 0.2) is 0 Å². The number of nitrogens with one attached hydrogen (secondary N) is 1. The van der Waals surface area contributed by atoms with Crippen molar-refractivity contribution in [3.8, 4) is 0 Å². The van der Waals surface area contributed by atoms with E-state index in [0.29, 0.717) is 31.9 Å². The van der Waals surface area contributed by atoms with Crippen molar-refractivity contribution in [2.75, 3.05) is 31.1 Å². The van der Waals surface area contributed by atoms with Gasteiger partial charge in [0.25, 0.3) is 0 Å². The van der Waals surface area contributed by atoms with E-state index >= 15 is 0 Å². The fraction of sp³-hybridized carbons (Fsp3) is 0.240.